The molecule has 0 radical (unpaired) electrons. The Morgan fingerprint density at radius 3 is 2.79 bits per heavy atom. The van der Waals surface area contributed by atoms with Crippen molar-refractivity contribution < 1.29 is 0 Å². The van der Waals surface area contributed by atoms with E-state index < -0.39 is 0 Å². The van der Waals surface area contributed by atoms with Crippen molar-refractivity contribution in [3.05, 3.63) is 63.9 Å². The van der Waals surface area contributed by atoms with Gasteiger partial charge in [-0.25, -0.2) is 4.98 Å². The summed E-state index contributed by atoms with van der Waals surface area (Å²) in [6, 6.07) is 14.6. The van der Waals surface area contributed by atoms with Crippen molar-refractivity contribution in [2.75, 3.05) is 0 Å². The van der Waals surface area contributed by atoms with Crippen LogP contribution in [0.3, 0.4) is 0 Å². The SMILES string of the molecule is Cc1ccccc1CCc1nc2ccc(Br)cc2[nH]1. The van der Waals surface area contributed by atoms with Gasteiger partial charge >= 0.3 is 0 Å². The first-order valence-electron chi connectivity index (χ1n) is 6.41. The molecule has 0 bridgehead atoms. The normalized spacial score (nSPS) is 11.1. The van der Waals surface area contributed by atoms with Gasteiger partial charge in [-0.05, 0) is 42.7 Å². The highest BCUT2D eigenvalue weighted by Gasteiger charge is 2.04. The molecule has 0 aliphatic rings. The van der Waals surface area contributed by atoms with E-state index >= 15 is 0 Å². The number of benzene rings is 2. The van der Waals surface area contributed by atoms with E-state index in [1.165, 1.54) is 11.1 Å². The number of halogens is 1. The maximum Gasteiger partial charge on any atom is 0.107 e. The number of hydrogen-bond acceptors (Lipinski definition) is 1. The zero-order valence-electron chi connectivity index (χ0n) is 10.8. The van der Waals surface area contributed by atoms with E-state index in [0.29, 0.717) is 0 Å². The predicted octanol–water partition coefficient (Wildman–Crippen LogP) is 4.42. The van der Waals surface area contributed by atoms with Gasteiger partial charge in [0.25, 0.3) is 0 Å². The van der Waals surface area contributed by atoms with Crippen molar-refractivity contribution in [1.29, 1.82) is 0 Å². The standard InChI is InChI=1S/C16H15BrN2/c1-11-4-2-3-5-12(11)6-9-16-18-14-8-7-13(17)10-15(14)19-16/h2-5,7-8,10H,6,9H2,1H3,(H,18,19). The Morgan fingerprint density at radius 1 is 1.11 bits per heavy atom. The Bertz CT molecular complexity index is 716. The second-order valence-corrected chi connectivity index (χ2v) is 5.69. The van der Waals surface area contributed by atoms with E-state index in [0.717, 1.165) is 34.2 Å². The number of rotatable bonds is 3. The maximum absolute atomic E-state index is 4.62. The molecule has 19 heavy (non-hydrogen) atoms. The fourth-order valence-corrected chi connectivity index (χ4v) is 2.66. The molecular weight excluding hydrogens is 300 g/mol. The number of aromatic nitrogens is 2. The summed E-state index contributed by atoms with van der Waals surface area (Å²) < 4.78 is 1.08. The zero-order chi connectivity index (χ0) is 13.2. The molecule has 0 unspecified atom stereocenters. The van der Waals surface area contributed by atoms with Crippen molar-refractivity contribution in [3.8, 4) is 0 Å². The van der Waals surface area contributed by atoms with Crippen molar-refractivity contribution in [2.45, 2.75) is 19.8 Å². The molecule has 0 saturated carbocycles. The van der Waals surface area contributed by atoms with Crippen LogP contribution in [0, 0.1) is 6.92 Å². The first kappa shape index (κ1) is 12.4. The summed E-state index contributed by atoms with van der Waals surface area (Å²) in [4.78, 5) is 8.01. The first-order valence-corrected chi connectivity index (χ1v) is 7.20. The molecule has 2 aromatic carbocycles. The quantitative estimate of drug-likeness (QED) is 0.761. The number of nitrogens with one attached hydrogen (secondary N) is 1. The van der Waals surface area contributed by atoms with Crippen molar-refractivity contribution in [1.82, 2.24) is 9.97 Å². The molecule has 1 aromatic heterocycles. The Morgan fingerprint density at radius 2 is 1.95 bits per heavy atom. The third kappa shape index (κ3) is 2.71. The van der Waals surface area contributed by atoms with E-state index in [1.807, 2.05) is 12.1 Å². The van der Waals surface area contributed by atoms with Gasteiger partial charge in [0.2, 0.25) is 0 Å². The molecule has 0 saturated heterocycles. The molecule has 0 spiro atoms. The summed E-state index contributed by atoms with van der Waals surface area (Å²) in [7, 11) is 0. The van der Waals surface area contributed by atoms with Crippen LogP contribution >= 0.6 is 15.9 Å². The summed E-state index contributed by atoms with van der Waals surface area (Å²) in [5, 5.41) is 0. The molecule has 0 aliphatic heterocycles. The molecule has 1 N–H and O–H groups in total. The topological polar surface area (TPSA) is 28.7 Å². The van der Waals surface area contributed by atoms with Gasteiger partial charge in [-0.15, -0.1) is 0 Å². The van der Waals surface area contributed by atoms with Crippen LogP contribution in [0.15, 0.2) is 46.9 Å². The lowest BCUT2D eigenvalue weighted by molar-refractivity contribution is 0.884. The maximum atomic E-state index is 4.62. The number of imidazole rings is 1. The molecule has 0 amide bonds. The molecular formula is C16H15BrN2. The lowest BCUT2D eigenvalue weighted by atomic mass is 10.0. The fraction of sp³-hybridized carbons (Fsp3) is 0.188. The molecule has 96 valence electrons. The van der Waals surface area contributed by atoms with Crippen LogP contribution in [0.25, 0.3) is 11.0 Å². The Balaban J connectivity index is 1.80. The third-order valence-corrected chi connectivity index (χ3v) is 3.88. The van der Waals surface area contributed by atoms with Crippen LogP contribution < -0.4 is 0 Å². The highest BCUT2D eigenvalue weighted by molar-refractivity contribution is 9.10. The minimum absolute atomic E-state index is 0.942. The third-order valence-electron chi connectivity index (χ3n) is 3.39. The largest absolute Gasteiger partial charge is 0.342 e. The monoisotopic (exact) mass is 314 g/mol. The number of H-pyrrole nitrogens is 1. The number of fused-ring (bicyclic) bond motifs is 1. The predicted molar refractivity (Wildman–Crippen MR) is 82.4 cm³/mol. The van der Waals surface area contributed by atoms with E-state index in [1.54, 1.807) is 0 Å². The minimum Gasteiger partial charge on any atom is -0.342 e. The number of hydrogen-bond donors (Lipinski definition) is 1. The van der Waals surface area contributed by atoms with Gasteiger partial charge in [-0.3, -0.25) is 0 Å². The Labute approximate surface area is 121 Å². The van der Waals surface area contributed by atoms with Gasteiger partial charge in [0.1, 0.15) is 5.82 Å². The zero-order valence-corrected chi connectivity index (χ0v) is 12.4. The lowest BCUT2D eigenvalue weighted by Crippen LogP contribution is -1.95. The minimum atomic E-state index is 0.942. The summed E-state index contributed by atoms with van der Waals surface area (Å²) in [6.07, 6.45) is 1.96. The van der Waals surface area contributed by atoms with Crippen LogP contribution in [-0.4, -0.2) is 9.97 Å². The van der Waals surface area contributed by atoms with Crippen LogP contribution in [0.4, 0.5) is 0 Å². The van der Waals surface area contributed by atoms with E-state index in [-0.39, 0.29) is 0 Å². The highest BCUT2D eigenvalue weighted by Crippen LogP contribution is 2.18. The van der Waals surface area contributed by atoms with E-state index in [4.69, 9.17) is 0 Å². The Hall–Kier alpha value is -1.61. The average Bonchev–Trinajstić information content (AvgIpc) is 2.79. The molecule has 0 fully saturated rings. The molecule has 3 aromatic rings. The van der Waals surface area contributed by atoms with Gasteiger partial charge in [-0.2, -0.15) is 0 Å². The molecule has 3 rings (SSSR count). The summed E-state index contributed by atoms with van der Waals surface area (Å²) in [5.74, 6) is 1.05. The van der Waals surface area contributed by atoms with Crippen LogP contribution in [0.2, 0.25) is 0 Å². The first-order chi connectivity index (χ1) is 9.22. The van der Waals surface area contributed by atoms with Gasteiger partial charge in [0.15, 0.2) is 0 Å². The lowest BCUT2D eigenvalue weighted by Gasteiger charge is -2.03. The average molecular weight is 315 g/mol. The van der Waals surface area contributed by atoms with Crippen molar-refractivity contribution >= 4 is 27.0 Å². The van der Waals surface area contributed by atoms with Gasteiger partial charge in [0.05, 0.1) is 11.0 Å². The summed E-state index contributed by atoms with van der Waals surface area (Å²) >= 11 is 3.48. The number of nitrogens with zero attached hydrogens (tertiary/aromatic N) is 1. The number of aryl methyl sites for hydroxylation is 3. The number of aromatic amines is 1. The molecule has 2 nitrogen and oxygen atoms in total. The Kier molecular flexibility index (Phi) is 3.38. The van der Waals surface area contributed by atoms with Crippen LogP contribution in [0.5, 0.6) is 0 Å². The summed E-state index contributed by atoms with van der Waals surface area (Å²) in [6.45, 7) is 2.16. The van der Waals surface area contributed by atoms with Crippen LogP contribution in [-0.2, 0) is 12.8 Å². The second kappa shape index (κ2) is 5.17. The fourth-order valence-electron chi connectivity index (χ4n) is 2.30. The van der Waals surface area contributed by atoms with Crippen molar-refractivity contribution in [2.24, 2.45) is 0 Å². The van der Waals surface area contributed by atoms with Gasteiger partial charge < -0.3 is 4.98 Å². The molecule has 0 atom stereocenters. The molecule has 0 aliphatic carbocycles. The smallest absolute Gasteiger partial charge is 0.107 e. The molecule has 1 heterocycles. The van der Waals surface area contributed by atoms with Gasteiger partial charge in [-0.1, -0.05) is 40.2 Å². The van der Waals surface area contributed by atoms with Crippen LogP contribution in [0.1, 0.15) is 17.0 Å². The van der Waals surface area contributed by atoms with E-state index in [2.05, 4.69) is 63.2 Å². The summed E-state index contributed by atoms with van der Waals surface area (Å²) in [5.41, 5.74) is 4.86. The van der Waals surface area contributed by atoms with Crippen molar-refractivity contribution in [3.63, 3.8) is 0 Å². The van der Waals surface area contributed by atoms with Gasteiger partial charge in [0, 0.05) is 10.9 Å². The second-order valence-electron chi connectivity index (χ2n) is 4.77. The van der Waals surface area contributed by atoms with E-state index in [9.17, 15) is 0 Å². The highest BCUT2D eigenvalue weighted by atomic mass is 79.9. The molecule has 3 heteroatoms.